The normalized spacial score (nSPS) is 24.6. The van der Waals surface area contributed by atoms with E-state index in [1.807, 2.05) is 0 Å². The van der Waals surface area contributed by atoms with Crippen LogP contribution in [-0.4, -0.2) is 35.7 Å². The monoisotopic (exact) mass is 183 g/mol. The highest BCUT2D eigenvalue weighted by molar-refractivity contribution is 5.07. The van der Waals surface area contributed by atoms with Crippen LogP contribution in [0.1, 0.15) is 32.6 Å². The molecule has 1 saturated heterocycles. The van der Waals surface area contributed by atoms with Crippen molar-refractivity contribution in [2.75, 3.05) is 19.7 Å². The summed E-state index contributed by atoms with van der Waals surface area (Å²) in [5.41, 5.74) is 1.21. The van der Waals surface area contributed by atoms with Gasteiger partial charge in [0, 0.05) is 12.6 Å². The molecule has 1 heterocycles. The third-order valence-corrected chi connectivity index (χ3v) is 2.92. The zero-order valence-electron chi connectivity index (χ0n) is 8.63. The number of nitrogens with zero attached hydrogens (tertiary/aromatic N) is 1. The first-order valence-corrected chi connectivity index (χ1v) is 5.32. The third-order valence-electron chi connectivity index (χ3n) is 2.92. The molecule has 0 aromatic carbocycles. The fourth-order valence-electron chi connectivity index (χ4n) is 2.14. The van der Waals surface area contributed by atoms with Crippen molar-refractivity contribution >= 4 is 0 Å². The third kappa shape index (κ3) is 2.82. The van der Waals surface area contributed by atoms with Crippen LogP contribution in [-0.2, 0) is 0 Å². The van der Waals surface area contributed by atoms with Gasteiger partial charge >= 0.3 is 0 Å². The van der Waals surface area contributed by atoms with Crippen molar-refractivity contribution < 1.29 is 5.11 Å². The molecule has 1 N–H and O–H groups in total. The zero-order valence-corrected chi connectivity index (χ0v) is 8.63. The van der Waals surface area contributed by atoms with Crippen molar-refractivity contribution in [3.63, 3.8) is 0 Å². The van der Waals surface area contributed by atoms with E-state index >= 15 is 0 Å². The number of hydrogen-bond acceptors (Lipinski definition) is 2. The fraction of sp³-hybridized carbons (Fsp3) is 0.818. The largest absolute Gasteiger partial charge is 0.396 e. The van der Waals surface area contributed by atoms with Gasteiger partial charge in [0.1, 0.15) is 0 Å². The van der Waals surface area contributed by atoms with E-state index in [0.29, 0.717) is 6.04 Å². The number of likely N-dealkylation sites (tertiary alicyclic amines) is 1. The maximum Gasteiger partial charge on any atom is 0.0468 e. The lowest BCUT2D eigenvalue weighted by Crippen LogP contribution is -2.40. The lowest BCUT2D eigenvalue weighted by Gasteiger charge is -2.36. The number of hydrogen-bond donors (Lipinski definition) is 1. The van der Waals surface area contributed by atoms with E-state index < -0.39 is 0 Å². The lowest BCUT2D eigenvalue weighted by molar-refractivity contribution is 0.173. The van der Waals surface area contributed by atoms with Crippen LogP contribution in [0.4, 0.5) is 0 Å². The summed E-state index contributed by atoms with van der Waals surface area (Å²) < 4.78 is 0. The summed E-state index contributed by atoms with van der Waals surface area (Å²) in [5.74, 6) is 0. The van der Waals surface area contributed by atoms with Crippen molar-refractivity contribution in [1.29, 1.82) is 0 Å². The topological polar surface area (TPSA) is 23.5 Å². The average Bonchev–Trinajstić information content (AvgIpc) is 2.18. The van der Waals surface area contributed by atoms with Gasteiger partial charge in [-0.3, -0.25) is 4.90 Å². The summed E-state index contributed by atoms with van der Waals surface area (Å²) in [6, 6.07) is 0.533. The molecule has 0 radical (unpaired) electrons. The molecule has 0 aliphatic carbocycles. The SMILES string of the molecule is C=C(CCO)C1CCCCN1CC. The van der Waals surface area contributed by atoms with Gasteiger partial charge in [-0.05, 0) is 32.4 Å². The molecule has 0 spiro atoms. The highest BCUT2D eigenvalue weighted by Crippen LogP contribution is 2.23. The van der Waals surface area contributed by atoms with Gasteiger partial charge in [-0.1, -0.05) is 25.5 Å². The Morgan fingerprint density at radius 3 is 2.92 bits per heavy atom. The first-order valence-electron chi connectivity index (χ1n) is 5.32. The van der Waals surface area contributed by atoms with E-state index in [1.165, 1.54) is 31.4 Å². The number of aliphatic hydroxyl groups excluding tert-OH is 1. The quantitative estimate of drug-likeness (QED) is 0.672. The van der Waals surface area contributed by atoms with Gasteiger partial charge in [0.15, 0.2) is 0 Å². The maximum absolute atomic E-state index is 8.85. The molecule has 0 saturated carbocycles. The van der Waals surface area contributed by atoms with E-state index in [2.05, 4.69) is 18.4 Å². The number of rotatable bonds is 4. The molecule has 1 rings (SSSR count). The minimum atomic E-state index is 0.243. The van der Waals surface area contributed by atoms with E-state index in [9.17, 15) is 0 Å². The molecule has 0 amide bonds. The van der Waals surface area contributed by atoms with Crippen LogP contribution in [0.15, 0.2) is 12.2 Å². The van der Waals surface area contributed by atoms with E-state index in [-0.39, 0.29) is 6.61 Å². The molecular weight excluding hydrogens is 162 g/mol. The Bertz CT molecular complexity index is 167. The van der Waals surface area contributed by atoms with E-state index in [4.69, 9.17) is 5.11 Å². The molecule has 2 heteroatoms. The molecular formula is C11H21NO. The Hall–Kier alpha value is -0.340. The lowest BCUT2D eigenvalue weighted by atomic mass is 9.94. The molecule has 0 aromatic rings. The Kier molecular flexibility index (Phi) is 4.46. The average molecular weight is 183 g/mol. The second kappa shape index (κ2) is 5.40. The second-order valence-electron chi connectivity index (χ2n) is 3.77. The molecule has 2 nitrogen and oxygen atoms in total. The van der Waals surface area contributed by atoms with Gasteiger partial charge < -0.3 is 5.11 Å². The van der Waals surface area contributed by atoms with Crippen LogP contribution in [0.25, 0.3) is 0 Å². The molecule has 1 aliphatic rings. The van der Waals surface area contributed by atoms with Crippen molar-refractivity contribution in [2.45, 2.75) is 38.6 Å². The smallest absolute Gasteiger partial charge is 0.0468 e. The zero-order chi connectivity index (χ0) is 9.68. The summed E-state index contributed by atoms with van der Waals surface area (Å²) in [4.78, 5) is 2.47. The Morgan fingerprint density at radius 2 is 2.31 bits per heavy atom. The number of likely N-dealkylation sites (N-methyl/N-ethyl adjacent to an activating group) is 1. The van der Waals surface area contributed by atoms with Crippen LogP contribution in [0.3, 0.4) is 0 Å². The summed E-state index contributed by atoms with van der Waals surface area (Å²) >= 11 is 0. The van der Waals surface area contributed by atoms with Gasteiger partial charge in [-0.25, -0.2) is 0 Å². The first-order chi connectivity index (χ1) is 6.29. The molecule has 1 fully saturated rings. The molecule has 1 unspecified atom stereocenters. The van der Waals surface area contributed by atoms with Crippen molar-refractivity contribution in [3.8, 4) is 0 Å². The number of piperidine rings is 1. The Morgan fingerprint density at radius 1 is 1.54 bits per heavy atom. The van der Waals surface area contributed by atoms with Crippen LogP contribution >= 0.6 is 0 Å². The fourth-order valence-corrected chi connectivity index (χ4v) is 2.14. The van der Waals surface area contributed by atoms with Gasteiger partial charge in [-0.2, -0.15) is 0 Å². The van der Waals surface area contributed by atoms with Crippen LogP contribution < -0.4 is 0 Å². The molecule has 13 heavy (non-hydrogen) atoms. The van der Waals surface area contributed by atoms with Crippen molar-refractivity contribution in [3.05, 3.63) is 12.2 Å². The molecule has 1 atom stereocenters. The highest BCUT2D eigenvalue weighted by Gasteiger charge is 2.22. The van der Waals surface area contributed by atoms with Crippen LogP contribution in [0, 0.1) is 0 Å². The van der Waals surface area contributed by atoms with Crippen LogP contribution in [0.2, 0.25) is 0 Å². The predicted octanol–water partition coefficient (Wildman–Crippen LogP) is 1.80. The minimum absolute atomic E-state index is 0.243. The second-order valence-corrected chi connectivity index (χ2v) is 3.77. The van der Waals surface area contributed by atoms with Crippen LogP contribution in [0.5, 0.6) is 0 Å². The first kappa shape index (κ1) is 10.7. The summed E-state index contributed by atoms with van der Waals surface area (Å²) in [7, 11) is 0. The van der Waals surface area contributed by atoms with Crippen molar-refractivity contribution in [2.24, 2.45) is 0 Å². The standard InChI is InChI=1S/C11H21NO/c1-3-12-8-5-4-6-11(12)10(2)7-9-13/h11,13H,2-9H2,1H3. The Labute approximate surface area is 81.2 Å². The predicted molar refractivity (Wildman–Crippen MR) is 55.7 cm³/mol. The molecule has 76 valence electrons. The molecule has 0 aromatic heterocycles. The van der Waals surface area contributed by atoms with Gasteiger partial charge in [0.25, 0.3) is 0 Å². The van der Waals surface area contributed by atoms with Gasteiger partial charge in [-0.15, -0.1) is 0 Å². The summed E-state index contributed by atoms with van der Waals surface area (Å²) in [5, 5.41) is 8.85. The highest BCUT2D eigenvalue weighted by atomic mass is 16.2. The van der Waals surface area contributed by atoms with E-state index in [1.54, 1.807) is 0 Å². The Balaban J connectivity index is 2.48. The summed E-state index contributed by atoms with van der Waals surface area (Å²) in [6.45, 7) is 8.81. The van der Waals surface area contributed by atoms with Crippen molar-refractivity contribution in [1.82, 2.24) is 4.90 Å². The minimum Gasteiger partial charge on any atom is -0.396 e. The van der Waals surface area contributed by atoms with E-state index in [0.717, 1.165) is 13.0 Å². The molecule has 0 bridgehead atoms. The van der Waals surface area contributed by atoms with Gasteiger partial charge in [0.2, 0.25) is 0 Å². The van der Waals surface area contributed by atoms with Gasteiger partial charge in [0.05, 0.1) is 0 Å². The summed E-state index contributed by atoms with van der Waals surface area (Å²) in [6.07, 6.45) is 4.62. The maximum atomic E-state index is 8.85. The number of aliphatic hydroxyl groups is 1. The molecule has 1 aliphatic heterocycles.